The number of morpholine rings is 1. The maximum Gasteiger partial charge on any atom is 0.300 e. The van der Waals surface area contributed by atoms with E-state index in [1.165, 1.54) is 0 Å². The Hall–Kier alpha value is -3.92. The van der Waals surface area contributed by atoms with Gasteiger partial charge in [-0.1, -0.05) is 13.5 Å². The topological polar surface area (TPSA) is 106 Å². The highest BCUT2D eigenvalue weighted by Gasteiger charge is 2.26. The molecule has 186 valence electrons. The molecule has 1 N–H and O–H groups in total. The summed E-state index contributed by atoms with van der Waals surface area (Å²) in [6.07, 6.45) is 4.47. The van der Waals surface area contributed by atoms with Crippen LogP contribution in [0.15, 0.2) is 46.1 Å². The van der Waals surface area contributed by atoms with Crippen LogP contribution < -0.4 is 15.1 Å². The van der Waals surface area contributed by atoms with Crippen molar-refractivity contribution in [2.75, 3.05) is 54.5 Å². The van der Waals surface area contributed by atoms with E-state index in [4.69, 9.17) is 23.5 Å². The number of oxazole rings is 2. The van der Waals surface area contributed by atoms with Crippen LogP contribution >= 0.6 is 0 Å². The molecular formula is C26H29N7O3. The summed E-state index contributed by atoms with van der Waals surface area (Å²) in [5.41, 5.74) is 5.01. The fraction of sp³-hybridized carbons (Fsp3) is 0.385. The van der Waals surface area contributed by atoms with Gasteiger partial charge in [0.2, 0.25) is 11.5 Å². The Kier molecular flexibility index (Phi) is 5.80. The van der Waals surface area contributed by atoms with Gasteiger partial charge in [0.1, 0.15) is 12.0 Å². The average Bonchev–Trinajstić information content (AvgIpc) is 3.63. The first-order valence-corrected chi connectivity index (χ1v) is 12.3. The molecule has 0 amide bonds. The third-order valence-corrected chi connectivity index (χ3v) is 6.60. The minimum atomic E-state index is 0.519. The van der Waals surface area contributed by atoms with E-state index < -0.39 is 0 Å². The molecule has 2 aliphatic heterocycles. The molecule has 0 spiro atoms. The number of pyridine rings is 2. The minimum Gasteiger partial charge on any atom is -0.444 e. The molecule has 2 fully saturated rings. The van der Waals surface area contributed by atoms with E-state index in [1.54, 1.807) is 12.5 Å². The monoisotopic (exact) mass is 487 g/mol. The lowest BCUT2D eigenvalue weighted by Crippen LogP contribution is -2.36. The molecule has 10 nitrogen and oxygen atoms in total. The normalized spacial score (nSPS) is 18.2. The second kappa shape index (κ2) is 9.27. The molecule has 0 bridgehead atoms. The molecule has 0 saturated carbocycles. The molecule has 0 unspecified atom stereocenters. The average molecular weight is 488 g/mol. The van der Waals surface area contributed by atoms with Gasteiger partial charge < -0.3 is 28.7 Å². The highest BCUT2D eigenvalue weighted by molar-refractivity contribution is 5.87. The third kappa shape index (κ3) is 4.39. The molecule has 4 aromatic rings. The van der Waals surface area contributed by atoms with Gasteiger partial charge in [0.05, 0.1) is 24.6 Å². The van der Waals surface area contributed by atoms with Gasteiger partial charge in [0.25, 0.3) is 6.01 Å². The van der Waals surface area contributed by atoms with Gasteiger partial charge in [-0.25, -0.2) is 9.97 Å². The van der Waals surface area contributed by atoms with Crippen molar-refractivity contribution >= 4 is 34.4 Å². The Morgan fingerprint density at radius 1 is 1.11 bits per heavy atom. The molecule has 1 atom stereocenters. The Labute approximate surface area is 209 Å². The van der Waals surface area contributed by atoms with E-state index in [9.17, 15) is 0 Å². The number of rotatable bonds is 6. The quantitative estimate of drug-likeness (QED) is 0.422. The first-order valence-electron chi connectivity index (χ1n) is 12.3. The molecule has 36 heavy (non-hydrogen) atoms. The second-order valence-corrected chi connectivity index (χ2v) is 9.44. The summed E-state index contributed by atoms with van der Waals surface area (Å²) >= 11 is 0. The summed E-state index contributed by atoms with van der Waals surface area (Å²) < 4.78 is 17.3. The van der Waals surface area contributed by atoms with Crippen LogP contribution in [0.5, 0.6) is 0 Å². The van der Waals surface area contributed by atoms with Crippen LogP contribution in [0.2, 0.25) is 0 Å². The van der Waals surface area contributed by atoms with Gasteiger partial charge in [0, 0.05) is 49.7 Å². The van der Waals surface area contributed by atoms with Crippen molar-refractivity contribution in [2.24, 2.45) is 5.92 Å². The van der Waals surface area contributed by atoms with Gasteiger partial charge >= 0.3 is 0 Å². The molecule has 6 heterocycles. The van der Waals surface area contributed by atoms with E-state index in [2.05, 4.69) is 38.6 Å². The maximum absolute atomic E-state index is 6.12. The number of hydrogen-bond acceptors (Lipinski definition) is 10. The van der Waals surface area contributed by atoms with E-state index in [1.807, 2.05) is 25.1 Å². The predicted molar refractivity (Wildman–Crippen MR) is 138 cm³/mol. The van der Waals surface area contributed by atoms with Crippen LogP contribution in [-0.2, 0) is 4.74 Å². The fourth-order valence-electron chi connectivity index (χ4n) is 4.64. The molecule has 0 aliphatic carbocycles. The highest BCUT2D eigenvalue weighted by Crippen LogP contribution is 2.35. The van der Waals surface area contributed by atoms with Crippen molar-refractivity contribution in [3.8, 4) is 11.5 Å². The first-order chi connectivity index (χ1) is 17.5. The Morgan fingerprint density at radius 3 is 2.75 bits per heavy atom. The summed E-state index contributed by atoms with van der Waals surface area (Å²) in [7, 11) is 0. The molecule has 2 aliphatic rings. The van der Waals surface area contributed by atoms with Gasteiger partial charge in [-0.15, -0.1) is 0 Å². The Morgan fingerprint density at radius 2 is 1.97 bits per heavy atom. The van der Waals surface area contributed by atoms with E-state index in [0.717, 1.165) is 55.4 Å². The van der Waals surface area contributed by atoms with Crippen LogP contribution in [0, 0.1) is 12.8 Å². The van der Waals surface area contributed by atoms with Crippen LogP contribution in [0.3, 0.4) is 0 Å². The summed E-state index contributed by atoms with van der Waals surface area (Å²) in [4.78, 5) is 22.9. The number of ether oxygens (including phenoxy) is 1. The molecule has 2 saturated heterocycles. The zero-order valence-corrected chi connectivity index (χ0v) is 20.5. The van der Waals surface area contributed by atoms with Crippen LogP contribution in [0.25, 0.3) is 28.4 Å². The van der Waals surface area contributed by atoms with Crippen LogP contribution in [0.4, 0.5) is 17.5 Å². The summed E-state index contributed by atoms with van der Waals surface area (Å²) in [6, 6.07) is 6.34. The van der Waals surface area contributed by atoms with Crippen molar-refractivity contribution in [1.82, 2.24) is 19.9 Å². The lowest BCUT2D eigenvalue weighted by Gasteiger charge is -2.24. The summed E-state index contributed by atoms with van der Waals surface area (Å²) in [5.74, 6) is 1.95. The van der Waals surface area contributed by atoms with Gasteiger partial charge in [0.15, 0.2) is 11.4 Å². The van der Waals surface area contributed by atoms with Crippen molar-refractivity contribution in [1.29, 1.82) is 0 Å². The van der Waals surface area contributed by atoms with Crippen LogP contribution in [0.1, 0.15) is 24.7 Å². The van der Waals surface area contributed by atoms with Gasteiger partial charge in [-0.3, -0.25) is 4.98 Å². The number of aryl methyl sites for hydroxylation is 1. The van der Waals surface area contributed by atoms with Crippen molar-refractivity contribution < 1.29 is 13.6 Å². The molecule has 0 aromatic carbocycles. The Balaban J connectivity index is 1.31. The van der Waals surface area contributed by atoms with Crippen molar-refractivity contribution in [3.63, 3.8) is 0 Å². The molecular weight excluding hydrogens is 458 g/mol. The van der Waals surface area contributed by atoms with E-state index >= 15 is 0 Å². The number of nitrogens with zero attached hydrogens (tertiary/aromatic N) is 6. The second-order valence-electron chi connectivity index (χ2n) is 9.44. The van der Waals surface area contributed by atoms with Gasteiger partial charge in [-0.05, 0) is 31.4 Å². The third-order valence-electron chi connectivity index (χ3n) is 6.60. The molecule has 6 rings (SSSR count). The first kappa shape index (κ1) is 22.5. The lowest BCUT2D eigenvalue weighted by molar-refractivity contribution is 0.120. The van der Waals surface area contributed by atoms with Crippen LogP contribution in [-0.4, -0.2) is 59.3 Å². The van der Waals surface area contributed by atoms with Crippen molar-refractivity contribution in [3.05, 3.63) is 48.6 Å². The molecule has 4 aromatic heterocycles. The number of aromatic nitrogens is 4. The molecule has 10 heteroatoms. The zero-order chi connectivity index (χ0) is 24.6. The number of anilines is 3. The minimum absolute atomic E-state index is 0.519. The lowest BCUT2D eigenvalue weighted by atomic mass is 10.2. The van der Waals surface area contributed by atoms with Gasteiger partial charge in [-0.2, -0.15) is 4.98 Å². The number of nitrogens with one attached hydrogen (secondary N) is 1. The highest BCUT2D eigenvalue weighted by atomic mass is 16.5. The number of fused-ring (bicyclic) bond motifs is 1. The van der Waals surface area contributed by atoms with E-state index in [-0.39, 0.29) is 0 Å². The fourth-order valence-corrected chi connectivity index (χ4v) is 4.64. The summed E-state index contributed by atoms with van der Waals surface area (Å²) in [5, 5.41) is 3.42. The Bertz CT molecular complexity index is 1410. The maximum atomic E-state index is 6.12. The largest absolute Gasteiger partial charge is 0.444 e. The number of hydrogen-bond donors (Lipinski definition) is 1. The smallest absolute Gasteiger partial charge is 0.300 e. The summed E-state index contributed by atoms with van der Waals surface area (Å²) in [6.45, 7) is 13.1. The standard InChI is InChI=1S/C26H29N7O3/c1-16-5-7-33(14-16)24-20(13-22-23(30-24)31-26(36-22)32-8-10-34-11-9-32)28-18(3)21-15-35-25(29-21)19-4-6-27-17(2)12-19/h4,6,12-13,15-16,28H,3,5,7-11,14H2,1-2H3/t16-/m0/s1. The van der Waals surface area contributed by atoms with E-state index in [0.29, 0.717) is 53.7 Å². The SMILES string of the molecule is C=C(Nc1cc2oc(N3CCOCC3)nc2nc1N1CC[C@H](C)C1)c1coc(-c2ccnc(C)c2)n1. The predicted octanol–water partition coefficient (Wildman–Crippen LogP) is 4.35. The van der Waals surface area contributed by atoms with Crippen molar-refractivity contribution in [2.45, 2.75) is 20.3 Å². The molecule has 0 radical (unpaired) electrons. The zero-order valence-electron chi connectivity index (χ0n) is 20.5.